The number of hydrogen-bond donors (Lipinski definition) is 1. The molecule has 1 amide bonds. The van der Waals surface area contributed by atoms with Gasteiger partial charge in [0.2, 0.25) is 5.91 Å². The van der Waals surface area contributed by atoms with Crippen LogP contribution in [0.25, 0.3) is 0 Å². The molecule has 1 atom stereocenters. The van der Waals surface area contributed by atoms with Crippen molar-refractivity contribution in [2.75, 3.05) is 5.32 Å². The molecule has 1 N–H and O–H groups in total. The molecule has 0 heterocycles. The lowest BCUT2D eigenvalue weighted by Gasteiger charge is -2.11. The Hall–Kier alpha value is -1.91. The number of hydrogen-bond acceptors (Lipinski definition) is 3. The first-order valence-electron chi connectivity index (χ1n) is 5.51. The van der Waals surface area contributed by atoms with E-state index in [1.165, 1.54) is 12.1 Å². The number of benzene rings is 1. The van der Waals surface area contributed by atoms with Crippen LogP contribution in [0.1, 0.15) is 25.8 Å². The summed E-state index contributed by atoms with van der Waals surface area (Å²) < 4.78 is 0. The van der Waals surface area contributed by atoms with Gasteiger partial charge in [0.1, 0.15) is 0 Å². The first-order valence-corrected chi connectivity index (χ1v) is 5.51. The standard InChI is InChI=1S/C12H16N2O3/c1-4-8(2)12(15)13-11-7-10(14(16)17)6-5-9(11)3/h5-8H,4H2,1-3H3,(H,13,15)/t8-/m1/s1. The molecule has 0 fully saturated rings. The van der Waals surface area contributed by atoms with Gasteiger partial charge in [-0.25, -0.2) is 0 Å². The summed E-state index contributed by atoms with van der Waals surface area (Å²) >= 11 is 0. The Morgan fingerprint density at radius 2 is 2.18 bits per heavy atom. The third-order valence-electron chi connectivity index (χ3n) is 2.75. The van der Waals surface area contributed by atoms with Crippen molar-refractivity contribution in [3.05, 3.63) is 33.9 Å². The summed E-state index contributed by atoms with van der Waals surface area (Å²) in [5, 5.41) is 13.3. The van der Waals surface area contributed by atoms with Gasteiger partial charge in [0.25, 0.3) is 5.69 Å². The third-order valence-corrected chi connectivity index (χ3v) is 2.75. The van der Waals surface area contributed by atoms with E-state index in [2.05, 4.69) is 5.32 Å². The van der Waals surface area contributed by atoms with Crippen molar-refractivity contribution >= 4 is 17.3 Å². The van der Waals surface area contributed by atoms with Crippen LogP contribution in [0.4, 0.5) is 11.4 Å². The number of anilines is 1. The van der Waals surface area contributed by atoms with Crippen LogP contribution in [-0.4, -0.2) is 10.8 Å². The number of nitro groups is 1. The van der Waals surface area contributed by atoms with E-state index >= 15 is 0 Å². The van der Waals surface area contributed by atoms with Crippen molar-refractivity contribution in [1.82, 2.24) is 0 Å². The molecule has 1 rings (SSSR count). The smallest absolute Gasteiger partial charge is 0.271 e. The Morgan fingerprint density at radius 1 is 1.53 bits per heavy atom. The van der Waals surface area contributed by atoms with Gasteiger partial charge < -0.3 is 5.32 Å². The first-order chi connectivity index (χ1) is 7.95. The molecule has 0 saturated carbocycles. The van der Waals surface area contributed by atoms with Gasteiger partial charge in [0.15, 0.2) is 0 Å². The summed E-state index contributed by atoms with van der Waals surface area (Å²) in [7, 11) is 0. The fourth-order valence-corrected chi connectivity index (χ4v) is 1.30. The highest BCUT2D eigenvalue weighted by Crippen LogP contribution is 2.22. The number of amides is 1. The number of nitrogens with zero attached hydrogens (tertiary/aromatic N) is 1. The summed E-state index contributed by atoms with van der Waals surface area (Å²) in [5.74, 6) is -0.218. The van der Waals surface area contributed by atoms with Crippen LogP contribution in [0.5, 0.6) is 0 Å². The molecule has 92 valence electrons. The van der Waals surface area contributed by atoms with Gasteiger partial charge in [-0.2, -0.15) is 0 Å². The summed E-state index contributed by atoms with van der Waals surface area (Å²) in [6, 6.07) is 4.44. The van der Waals surface area contributed by atoms with Crippen molar-refractivity contribution in [2.45, 2.75) is 27.2 Å². The quantitative estimate of drug-likeness (QED) is 0.645. The van der Waals surface area contributed by atoms with E-state index in [9.17, 15) is 14.9 Å². The molecular formula is C12H16N2O3. The molecule has 0 radical (unpaired) electrons. The zero-order valence-electron chi connectivity index (χ0n) is 10.2. The molecule has 1 aromatic rings. The predicted octanol–water partition coefficient (Wildman–Crippen LogP) is 2.89. The molecule has 0 aliphatic rings. The van der Waals surface area contributed by atoms with Crippen LogP contribution in [0.3, 0.4) is 0 Å². The molecule has 5 heteroatoms. The van der Waals surface area contributed by atoms with Crippen molar-refractivity contribution in [3.63, 3.8) is 0 Å². The minimum absolute atomic E-state index is 0.0185. The molecule has 0 aliphatic heterocycles. The van der Waals surface area contributed by atoms with Gasteiger partial charge in [0, 0.05) is 18.1 Å². The Bertz CT molecular complexity index is 443. The second kappa shape index (κ2) is 5.43. The molecule has 1 aromatic carbocycles. The SMILES string of the molecule is CC[C@@H](C)C(=O)Nc1cc([N+](=O)[O-])ccc1C. The highest BCUT2D eigenvalue weighted by atomic mass is 16.6. The highest BCUT2D eigenvalue weighted by Gasteiger charge is 2.14. The van der Waals surface area contributed by atoms with E-state index in [1.807, 2.05) is 13.8 Å². The van der Waals surface area contributed by atoms with Crippen LogP contribution in [-0.2, 0) is 4.79 Å². The summed E-state index contributed by atoms with van der Waals surface area (Å²) in [6.45, 7) is 5.54. The fourth-order valence-electron chi connectivity index (χ4n) is 1.30. The molecule has 0 saturated heterocycles. The number of non-ortho nitro benzene ring substituents is 1. The van der Waals surface area contributed by atoms with Crippen molar-refractivity contribution in [1.29, 1.82) is 0 Å². The highest BCUT2D eigenvalue weighted by molar-refractivity contribution is 5.93. The number of rotatable bonds is 4. The fraction of sp³-hybridized carbons (Fsp3) is 0.417. The van der Waals surface area contributed by atoms with Gasteiger partial charge in [-0.3, -0.25) is 14.9 Å². The molecule has 0 spiro atoms. The van der Waals surface area contributed by atoms with Gasteiger partial charge >= 0.3 is 0 Å². The monoisotopic (exact) mass is 236 g/mol. The molecular weight excluding hydrogens is 220 g/mol. The largest absolute Gasteiger partial charge is 0.325 e. The zero-order valence-corrected chi connectivity index (χ0v) is 10.2. The Kier molecular flexibility index (Phi) is 4.20. The first kappa shape index (κ1) is 13.2. The summed E-state index contributed by atoms with van der Waals surface area (Å²) in [4.78, 5) is 21.9. The molecule has 5 nitrogen and oxygen atoms in total. The van der Waals surface area contributed by atoms with Gasteiger partial charge in [-0.05, 0) is 18.9 Å². The Labute approximate surface area is 100.0 Å². The van der Waals surface area contributed by atoms with E-state index < -0.39 is 4.92 Å². The zero-order chi connectivity index (χ0) is 13.0. The van der Waals surface area contributed by atoms with E-state index in [4.69, 9.17) is 0 Å². The Balaban J connectivity index is 2.94. The maximum Gasteiger partial charge on any atom is 0.271 e. The Morgan fingerprint density at radius 3 is 2.71 bits per heavy atom. The van der Waals surface area contributed by atoms with Gasteiger partial charge in [-0.1, -0.05) is 19.9 Å². The maximum absolute atomic E-state index is 11.7. The average Bonchev–Trinajstić information content (AvgIpc) is 2.30. The summed E-state index contributed by atoms with van der Waals surface area (Å²) in [5.41, 5.74) is 1.30. The van der Waals surface area contributed by atoms with Gasteiger partial charge in [-0.15, -0.1) is 0 Å². The van der Waals surface area contributed by atoms with Crippen LogP contribution in [0.2, 0.25) is 0 Å². The lowest BCUT2D eigenvalue weighted by Crippen LogP contribution is -2.20. The third kappa shape index (κ3) is 3.27. The number of carbonyl (C=O) groups excluding carboxylic acids is 1. The maximum atomic E-state index is 11.7. The molecule has 0 unspecified atom stereocenters. The minimum Gasteiger partial charge on any atom is -0.325 e. The second-order valence-corrected chi connectivity index (χ2v) is 4.05. The molecule has 0 aliphatic carbocycles. The van der Waals surface area contributed by atoms with Crippen LogP contribution < -0.4 is 5.32 Å². The number of aryl methyl sites for hydroxylation is 1. The number of nitro benzene ring substituents is 1. The average molecular weight is 236 g/mol. The molecule has 17 heavy (non-hydrogen) atoms. The van der Waals surface area contributed by atoms with Crippen LogP contribution >= 0.6 is 0 Å². The predicted molar refractivity (Wildman–Crippen MR) is 65.9 cm³/mol. The lowest BCUT2D eigenvalue weighted by molar-refractivity contribution is -0.384. The van der Waals surface area contributed by atoms with E-state index in [-0.39, 0.29) is 17.5 Å². The van der Waals surface area contributed by atoms with E-state index in [0.717, 1.165) is 12.0 Å². The topological polar surface area (TPSA) is 72.2 Å². The minimum atomic E-state index is -0.474. The van der Waals surface area contributed by atoms with E-state index in [1.54, 1.807) is 13.0 Å². The van der Waals surface area contributed by atoms with Crippen molar-refractivity contribution < 1.29 is 9.72 Å². The summed E-state index contributed by atoms with van der Waals surface area (Å²) in [6.07, 6.45) is 0.736. The molecule has 0 bridgehead atoms. The van der Waals surface area contributed by atoms with Gasteiger partial charge in [0.05, 0.1) is 10.6 Å². The second-order valence-electron chi connectivity index (χ2n) is 4.05. The van der Waals surface area contributed by atoms with Crippen molar-refractivity contribution in [3.8, 4) is 0 Å². The van der Waals surface area contributed by atoms with Crippen molar-refractivity contribution in [2.24, 2.45) is 5.92 Å². The number of carbonyl (C=O) groups is 1. The van der Waals surface area contributed by atoms with Crippen LogP contribution in [0, 0.1) is 23.0 Å². The number of nitrogens with one attached hydrogen (secondary N) is 1. The normalized spacial score (nSPS) is 11.9. The molecule has 0 aromatic heterocycles. The lowest BCUT2D eigenvalue weighted by atomic mass is 10.1. The van der Waals surface area contributed by atoms with E-state index in [0.29, 0.717) is 5.69 Å². The van der Waals surface area contributed by atoms with Crippen LogP contribution in [0.15, 0.2) is 18.2 Å².